The highest BCUT2D eigenvalue weighted by molar-refractivity contribution is 5.07. The molecule has 0 saturated heterocycles. The number of hydrogen-bond donors (Lipinski definition) is 1. The SMILES string of the molecule is Cc1cnn([C@H](C)[C@@H](C)NCc2nnc(C3CC3)n2C)c1. The lowest BCUT2D eigenvalue weighted by Crippen LogP contribution is -2.34. The van der Waals surface area contributed by atoms with Crippen LogP contribution in [0.25, 0.3) is 0 Å². The first-order chi connectivity index (χ1) is 10.1. The zero-order valence-corrected chi connectivity index (χ0v) is 13.2. The minimum absolute atomic E-state index is 0.301. The van der Waals surface area contributed by atoms with Gasteiger partial charge in [0.2, 0.25) is 0 Å². The van der Waals surface area contributed by atoms with Crippen LogP contribution in [0.2, 0.25) is 0 Å². The van der Waals surface area contributed by atoms with Gasteiger partial charge < -0.3 is 9.88 Å². The van der Waals surface area contributed by atoms with Crippen molar-refractivity contribution in [1.29, 1.82) is 0 Å². The van der Waals surface area contributed by atoms with E-state index in [-0.39, 0.29) is 0 Å². The van der Waals surface area contributed by atoms with Crippen molar-refractivity contribution in [2.75, 3.05) is 0 Å². The Hall–Kier alpha value is -1.69. The van der Waals surface area contributed by atoms with Gasteiger partial charge in [0.1, 0.15) is 11.6 Å². The fraction of sp³-hybridized carbons (Fsp3) is 0.667. The third-order valence-electron chi connectivity index (χ3n) is 4.39. The summed E-state index contributed by atoms with van der Waals surface area (Å²) in [6.07, 6.45) is 6.49. The standard InChI is InChI=1S/C15H24N6/c1-10-7-17-21(9-10)12(3)11(2)16-8-14-18-19-15(20(14)4)13-5-6-13/h7,9,11-13,16H,5-6,8H2,1-4H3/t11-,12-/m1/s1. The van der Waals surface area contributed by atoms with E-state index in [9.17, 15) is 0 Å². The largest absolute Gasteiger partial charge is 0.317 e. The Morgan fingerprint density at radius 3 is 2.71 bits per heavy atom. The molecule has 0 radical (unpaired) electrons. The van der Waals surface area contributed by atoms with Crippen LogP contribution < -0.4 is 5.32 Å². The first kappa shape index (κ1) is 14.3. The molecule has 2 heterocycles. The molecule has 1 N–H and O–H groups in total. The van der Waals surface area contributed by atoms with Crippen molar-refractivity contribution in [3.8, 4) is 0 Å². The predicted octanol–water partition coefficient (Wildman–Crippen LogP) is 1.94. The van der Waals surface area contributed by atoms with Crippen LogP contribution in [0.15, 0.2) is 12.4 Å². The van der Waals surface area contributed by atoms with E-state index in [2.05, 4.69) is 59.2 Å². The van der Waals surface area contributed by atoms with Crippen LogP contribution in [0.1, 0.15) is 55.9 Å². The van der Waals surface area contributed by atoms with Crippen LogP contribution in [0, 0.1) is 6.92 Å². The van der Waals surface area contributed by atoms with Gasteiger partial charge in [-0.05, 0) is 39.2 Å². The fourth-order valence-corrected chi connectivity index (χ4v) is 2.53. The monoisotopic (exact) mass is 288 g/mol. The van der Waals surface area contributed by atoms with Gasteiger partial charge in [-0.15, -0.1) is 10.2 Å². The van der Waals surface area contributed by atoms with E-state index < -0.39 is 0 Å². The van der Waals surface area contributed by atoms with Crippen LogP contribution in [-0.4, -0.2) is 30.6 Å². The van der Waals surface area contributed by atoms with E-state index >= 15 is 0 Å². The number of nitrogens with zero attached hydrogens (tertiary/aromatic N) is 5. The number of aromatic nitrogens is 5. The number of aryl methyl sites for hydroxylation is 1. The fourth-order valence-electron chi connectivity index (χ4n) is 2.53. The van der Waals surface area contributed by atoms with Crippen LogP contribution in [-0.2, 0) is 13.6 Å². The van der Waals surface area contributed by atoms with Crippen molar-refractivity contribution in [3.63, 3.8) is 0 Å². The Balaban J connectivity index is 1.59. The molecule has 0 aliphatic heterocycles. The zero-order chi connectivity index (χ0) is 15.0. The average Bonchev–Trinajstić information content (AvgIpc) is 3.11. The van der Waals surface area contributed by atoms with E-state index in [4.69, 9.17) is 0 Å². The van der Waals surface area contributed by atoms with Crippen molar-refractivity contribution in [2.24, 2.45) is 7.05 Å². The van der Waals surface area contributed by atoms with E-state index in [1.165, 1.54) is 18.4 Å². The summed E-state index contributed by atoms with van der Waals surface area (Å²) in [5, 5.41) is 16.6. The lowest BCUT2D eigenvalue weighted by atomic mass is 10.2. The van der Waals surface area contributed by atoms with Crippen LogP contribution in [0.5, 0.6) is 0 Å². The Kier molecular flexibility index (Phi) is 3.80. The summed E-state index contributed by atoms with van der Waals surface area (Å²) in [6.45, 7) is 7.16. The van der Waals surface area contributed by atoms with Crippen LogP contribution in [0.3, 0.4) is 0 Å². The molecular formula is C15H24N6. The maximum absolute atomic E-state index is 4.39. The lowest BCUT2D eigenvalue weighted by Gasteiger charge is -2.21. The van der Waals surface area contributed by atoms with E-state index in [0.29, 0.717) is 18.0 Å². The molecule has 1 aliphatic carbocycles. The molecule has 2 aromatic rings. The summed E-state index contributed by atoms with van der Waals surface area (Å²) in [5.74, 6) is 2.78. The van der Waals surface area contributed by atoms with E-state index in [0.717, 1.165) is 18.2 Å². The molecule has 3 rings (SSSR count). The summed E-state index contributed by atoms with van der Waals surface area (Å²) in [6, 6.07) is 0.611. The quantitative estimate of drug-likeness (QED) is 0.882. The minimum Gasteiger partial charge on any atom is -0.317 e. The molecule has 114 valence electrons. The molecule has 2 atom stereocenters. The summed E-state index contributed by atoms with van der Waals surface area (Å²) < 4.78 is 4.15. The molecule has 0 amide bonds. The molecule has 1 saturated carbocycles. The highest BCUT2D eigenvalue weighted by Gasteiger charge is 2.29. The van der Waals surface area contributed by atoms with E-state index in [1.807, 2.05) is 10.9 Å². The highest BCUT2D eigenvalue weighted by atomic mass is 15.3. The van der Waals surface area contributed by atoms with Gasteiger partial charge in [0.25, 0.3) is 0 Å². The summed E-state index contributed by atoms with van der Waals surface area (Å²) in [7, 11) is 2.07. The lowest BCUT2D eigenvalue weighted by molar-refractivity contribution is 0.360. The molecule has 0 bridgehead atoms. The smallest absolute Gasteiger partial charge is 0.146 e. The summed E-state index contributed by atoms with van der Waals surface area (Å²) in [4.78, 5) is 0. The molecule has 21 heavy (non-hydrogen) atoms. The van der Waals surface area contributed by atoms with Crippen LogP contribution in [0.4, 0.5) is 0 Å². The van der Waals surface area contributed by atoms with Crippen molar-refractivity contribution in [1.82, 2.24) is 29.9 Å². The van der Waals surface area contributed by atoms with Gasteiger partial charge >= 0.3 is 0 Å². The maximum Gasteiger partial charge on any atom is 0.146 e. The van der Waals surface area contributed by atoms with E-state index in [1.54, 1.807) is 0 Å². The topological polar surface area (TPSA) is 60.6 Å². The average molecular weight is 288 g/mol. The summed E-state index contributed by atoms with van der Waals surface area (Å²) >= 11 is 0. The third-order valence-corrected chi connectivity index (χ3v) is 4.39. The Bertz CT molecular complexity index is 609. The van der Waals surface area contributed by atoms with Gasteiger partial charge in [0, 0.05) is 25.2 Å². The predicted molar refractivity (Wildman–Crippen MR) is 81.0 cm³/mol. The molecule has 0 spiro atoms. The molecule has 0 aromatic carbocycles. The first-order valence-corrected chi connectivity index (χ1v) is 7.68. The molecule has 6 heteroatoms. The summed E-state index contributed by atoms with van der Waals surface area (Å²) in [5.41, 5.74) is 1.19. The first-order valence-electron chi connectivity index (χ1n) is 7.68. The Labute approximate surface area is 125 Å². The normalized spacial score (nSPS) is 17.9. The highest BCUT2D eigenvalue weighted by Crippen LogP contribution is 2.38. The molecule has 1 fully saturated rings. The van der Waals surface area contributed by atoms with Gasteiger partial charge in [-0.25, -0.2) is 0 Å². The van der Waals surface area contributed by atoms with Gasteiger partial charge in [0.05, 0.1) is 18.8 Å². The molecule has 2 aromatic heterocycles. The van der Waals surface area contributed by atoms with Gasteiger partial charge in [-0.3, -0.25) is 4.68 Å². The molecule has 6 nitrogen and oxygen atoms in total. The number of rotatable bonds is 6. The molecule has 0 unspecified atom stereocenters. The second-order valence-electron chi connectivity index (χ2n) is 6.22. The maximum atomic E-state index is 4.39. The van der Waals surface area contributed by atoms with Crippen molar-refractivity contribution >= 4 is 0 Å². The molecule has 1 aliphatic rings. The Morgan fingerprint density at radius 2 is 2.10 bits per heavy atom. The minimum atomic E-state index is 0.301. The second kappa shape index (κ2) is 5.60. The molecular weight excluding hydrogens is 264 g/mol. The van der Waals surface area contributed by atoms with Crippen molar-refractivity contribution in [2.45, 2.75) is 58.2 Å². The third kappa shape index (κ3) is 3.00. The zero-order valence-electron chi connectivity index (χ0n) is 13.2. The van der Waals surface area contributed by atoms with Crippen molar-refractivity contribution < 1.29 is 0 Å². The van der Waals surface area contributed by atoms with Gasteiger partial charge in [0.15, 0.2) is 0 Å². The number of nitrogens with one attached hydrogen (secondary N) is 1. The van der Waals surface area contributed by atoms with Gasteiger partial charge in [-0.1, -0.05) is 0 Å². The number of hydrogen-bond acceptors (Lipinski definition) is 4. The van der Waals surface area contributed by atoms with Gasteiger partial charge in [-0.2, -0.15) is 5.10 Å². The van der Waals surface area contributed by atoms with Crippen LogP contribution >= 0.6 is 0 Å². The Morgan fingerprint density at radius 1 is 1.33 bits per heavy atom. The second-order valence-corrected chi connectivity index (χ2v) is 6.22. The van der Waals surface area contributed by atoms with Crippen molar-refractivity contribution in [3.05, 3.63) is 29.6 Å².